The van der Waals surface area contributed by atoms with E-state index in [1.165, 1.54) is 25.7 Å². The number of benzene rings is 1. The van der Waals surface area contributed by atoms with Crippen LogP contribution in [-0.4, -0.2) is 11.1 Å². The molecule has 0 aliphatic heterocycles. The molecule has 0 bridgehead atoms. The highest BCUT2D eigenvalue weighted by atomic mass is 35.5. The molecule has 1 aromatic carbocycles. The summed E-state index contributed by atoms with van der Waals surface area (Å²) in [5.74, 6) is 0.974. The van der Waals surface area contributed by atoms with Crippen LogP contribution < -0.4 is 5.32 Å². The zero-order valence-electron chi connectivity index (χ0n) is 10.2. The van der Waals surface area contributed by atoms with Crippen molar-refractivity contribution in [2.45, 2.75) is 45.2 Å². The Morgan fingerprint density at radius 2 is 2.12 bits per heavy atom. The summed E-state index contributed by atoms with van der Waals surface area (Å²) in [4.78, 5) is 0. The Morgan fingerprint density at radius 1 is 1.41 bits per heavy atom. The standard InChI is InChI=1S/C14H20ClNO/c1-10(12-4-2-3-5-12)16-9-11-6-7-14(17)13(15)8-11/h6-8,10,12,16-17H,2-5,9H2,1H3. The van der Waals surface area contributed by atoms with Gasteiger partial charge in [0.1, 0.15) is 5.75 Å². The average molecular weight is 254 g/mol. The average Bonchev–Trinajstić information content (AvgIpc) is 2.84. The maximum atomic E-state index is 9.34. The van der Waals surface area contributed by atoms with Crippen LogP contribution >= 0.6 is 11.6 Å². The Bertz CT molecular complexity index is 374. The second-order valence-corrected chi connectivity index (χ2v) is 5.41. The largest absolute Gasteiger partial charge is 0.506 e. The number of nitrogens with one attached hydrogen (secondary N) is 1. The molecule has 0 amide bonds. The molecule has 1 saturated carbocycles. The van der Waals surface area contributed by atoms with Crippen LogP contribution in [0.3, 0.4) is 0 Å². The SMILES string of the molecule is CC(NCc1ccc(O)c(Cl)c1)C1CCCC1. The van der Waals surface area contributed by atoms with E-state index in [-0.39, 0.29) is 5.75 Å². The van der Waals surface area contributed by atoms with Crippen molar-refractivity contribution in [1.82, 2.24) is 5.32 Å². The van der Waals surface area contributed by atoms with Crippen LogP contribution in [0.4, 0.5) is 0 Å². The summed E-state index contributed by atoms with van der Waals surface area (Å²) in [5, 5.41) is 13.3. The molecule has 0 spiro atoms. The molecule has 1 unspecified atom stereocenters. The van der Waals surface area contributed by atoms with Crippen LogP contribution in [0.5, 0.6) is 5.75 Å². The van der Waals surface area contributed by atoms with E-state index in [9.17, 15) is 5.11 Å². The van der Waals surface area contributed by atoms with Gasteiger partial charge in [0.15, 0.2) is 0 Å². The van der Waals surface area contributed by atoms with Crippen molar-refractivity contribution in [2.24, 2.45) is 5.92 Å². The van der Waals surface area contributed by atoms with Gasteiger partial charge in [-0.15, -0.1) is 0 Å². The molecule has 1 fully saturated rings. The number of hydrogen-bond acceptors (Lipinski definition) is 2. The van der Waals surface area contributed by atoms with Crippen molar-refractivity contribution in [3.63, 3.8) is 0 Å². The summed E-state index contributed by atoms with van der Waals surface area (Å²) in [5.41, 5.74) is 1.12. The fraction of sp³-hybridized carbons (Fsp3) is 0.571. The maximum absolute atomic E-state index is 9.34. The van der Waals surface area contributed by atoms with Crippen LogP contribution in [0.25, 0.3) is 0 Å². The predicted octanol–water partition coefficient (Wildman–Crippen LogP) is 3.71. The minimum absolute atomic E-state index is 0.152. The molecule has 0 heterocycles. The van der Waals surface area contributed by atoms with Crippen molar-refractivity contribution in [3.8, 4) is 5.75 Å². The highest BCUT2D eigenvalue weighted by Crippen LogP contribution is 2.28. The van der Waals surface area contributed by atoms with E-state index in [2.05, 4.69) is 12.2 Å². The van der Waals surface area contributed by atoms with E-state index in [4.69, 9.17) is 11.6 Å². The molecule has 0 saturated heterocycles. The van der Waals surface area contributed by atoms with Crippen LogP contribution in [0.15, 0.2) is 18.2 Å². The third-order valence-electron chi connectivity index (χ3n) is 3.75. The summed E-state index contributed by atoms with van der Waals surface area (Å²) in [6.07, 6.45) is 5.46. The quantitative estimate of drug-likeness (QED) is 0.857. The number of hydrogen-bond donors (Lipinski definition) is 2. The van der Waals surface area contributed by atoms with E-state index in [0.29, 0.717) is 11.1 Å². The molecule has 2 N–H and O–H groups in total. The first-order valence-electron chi connectivity index (χ1n) is 6.37. The smallest absolute Gasteiger partial charge is 0.134 e. The van der Waals surface area contributed by atoms with Crippen LogP contribution in [0, 0.1) is 5.92 Å². The molecule has 1 aromatic rings. The molecule has 3 heteroatoms. The second-order valence-electron chi connectivity index (χ2n) is 5.00. The lowest BCUT2D eigenvalue weighted by Gasteiger charge is -2.20. The van der Waals surface area contributed by atoms with Crippen LogP contribution in [0.1, 0.15) is 38.2 Å². The summed E-state index contributed by atoms with van der Waals surface area (Å²) in [6, 6.07) is 5.95. The molecule has 2 nitrogen and oxygen atoms in total. The fourth-order valence-corrected chi connectivity index (χ4v) is 2.77. The van der Waals surface area contributed by atoms with E-state index >= 15 is 0 Å². The molecule has 17 heavy (non-hydrogen) atoms. The Hall–Kier alpha value is -0.730. The highest BCUT2D eigenvalue weighted by Gasteiger charge is 2.20. The number of phenols is 1. The van der Waals surface area contributed by atoms with Gasteiger partial charge in [-0.05, 0) is 43.4 Å². The molecular weight excluding hydrogens is 234 g/mol. The predicted molar refractivity (Wildman–Crippen MR) is 71.4 cm³/mol. The first-order valence-corrected chi connectivity index (χ1v) is 6.75. The van der Waals surface area contributed by atoms with Crippen LogP contribution in [-0.2, 0) is 6.54 Å². The Kier molecular flexibility index (Phi) is 4.30. The number of rotatable bonds is 4. The Balaban J connectivity index is 1.86. The number of halogens is 1. The van der Waals surface area contributed by atoms with Gasteiger partial charge in [-0.1, -0.05) is 30.5 Å². The summed E-state index contributed by atoms with van der Waals surface area (Å²) >= 11 is 5.88. The second kappa shape index (κ2) is 5.74. The molecule has 1 aliphatic rings. The lowest BCUT2D eigenvalue weighted by Crippen LogP contribution is -2.31. The lowest BCUT2D eigenvalue weighted by molar-refractivity contribution is 0.380. The van der Waals surface area contributed by atoms with Gasteiger partial charge >= 0.3 is 0 Å². The fourth-order valence-electron chi connectivity index (χ4n) is 2.56. The van der Waals surface area contributed by atoms with Gasteiger partial charge < -0.3 is 10.4 Å². The van der Waals surface area contributed by atoms with Gasteiger partial charge in [-0.2, -0.15) is 0 Å². The first kappa shape index (κ1) is 12.7. The third-order valence-corrected chi connectivity index (χ3v) is 4.05. The molecule has 1 atom stereocenters. The minimum atomic E-state index is 0.152. The van der Waals surface area contributed by atoms with Gasteiger partial charge in [-0.25, -0.2) is 0 Å². The summed E-state index contributed by atoms with van der Waals surface area (Å²) in [7, 11) is 0. The van der Waals surface area contributed by atoms with Crippen LogP contribution in [0.2, 0.25) is 5.02 Å². The van der Waals surface area contributed by atoms with Gasteiger partial charge in [0.05, 0.1) is 5.02 Å². The Labute approximate surface area is 108 Å². The van der Waals surface area contributed by atoms with Crippen molar-refractivity contribution in [3.05, 3.63) is 28.8 Å². The van der Waals surface area contributed by atoms with Gasteiger partial charge in [0.25, 0.3) is 0 Å². The molecule has 1 aliphatic carbocycles. The minimum Gasteiger partial charge on any atom is -0.506 e. The topological polar surface area (TPSA) is 32.3 Å². The van der Waals surface area contributed by atoms with Gasteiger partial charge in [0.2, 0.25) is 0 Å². The van der Waals surface area contributed by atoms with E-state index in [1.807, 2.05) is 12.1 Å². The lowest BCUT2D eigenvalue weighted by atomic mass is 9.99. The zero-order chi connectivity index (χ0) is 12.3. The van der Waals surface area contributed by atoms with E-state index in [0.717, 1.165) is 18.0 Å². The molecule has 0 aromatic heterocycles. The maximum Gasteiger partial charge on any atom is 0.134 e. The number of phenolic OH excluding ortho intramolecular Hbond substituents is 1. The molecule has 94 valence electrons. The molecular formula is C14H20ClNO. The van der Waals surface area contributed by atoms with Gasteiger partial charge in [0, 0.05) is 12.6 Å². The Morgan fingerprint density at radius 3 is 2.76 bits per heavy atom. The van der Waals surface area contributed by atoms with Crippen molar-refractivity contribution in [2.75, 3.05) is 0 Å². The first-order chi connectivity index (χ1) is 8.16. The van der Waals surface area contributed by atoms with E-state index in [1.54, 1.807) is 6.07 Å². The molecule has 0 radical (unpaired) electrons. The van der Waals surface area contributed by atoms with Crippen molar-refractivity contribution in [1.29, 1.82) is 0 Å². The molecule has 2 rings (SSSR count). The van der Waals surface area contributed by atoms with E-state index < -0.39 is 0 Å². The third kappa shape index (κ3) is 3.36. The monoisotopic (exact) mass is 253 g/mol. The van der Waals surface area contributed by atoms with Crippen molar-refractivity contribution >= 4 is 11.6 Å². The highest BCUT2D eigenvalue weighted by molar-refractivity contribution is 6.32. The summed E-state index contributed by atoms with van der Waals surface area (Å²) in [6.45, 7) is 3.08. The summed E-state index contributed by atoms with van der Waals surface area (Å²) < 4.78 is 0. The van der Waals surface area contributed by atoms with Crippen molar-refractivity contribution < 1.29 is 5.11 Å². The number of aromatic hydroxyl groups is 1. The zero-order valence-corrected chi connectivity index (χ0v) is 11.0. The van der Waals surface area contributed by atoms with Gasteiger partial charge in [-0.3, -0.25) is 0 Å². The normalized spacial score (nSPS) is 18.5.